The standard InChI is InChI=1S/C15H14ClNO2/c16-10-5-6-11-12(15(18)19)8-13(17-14(11)7-10)9-3-1-2-4-9/h5-9H,1-4H2,(H,18,19). The second-order valence-corrected chi connectivity index (χ2v) is 5.48. The molecule has 3 nitrogen and oxygen atoms in total. The highest BCUT2D eigenvalue weighted by atomic mass is 35.5. The highest BCUT2D eigenvalue weighted by Gasteiger charge is 2.21. The lowest BCUT2D eigenvalue weighted by atomic mass is 9.99. The molecule has 0 aliphatic heterocycles. The number of rotatable bonds is 2. The average Bonchev–Trinajstić information content (AvgIpc) is 2.90. The summed E-state index contributed by atoms with van der Waals surface area (Å²) in [6.45, 7) is 0. The van der Waals surface area contributed by atoms with Crippen LogP contribution in [0.2, 0.25) is 5.02 Å². The Labute approximate surface area is 116 Å². The first-order valence-electron chi connectivity index (χ1n) is 6.48. The Balaban J connectivity index is 2.21. The van der Waals surface area contributed by atoms with Crippen LogP contribution in [0.5, 0.6) is 0 Å². The summed E-state index contributed by atoms with van der Waals surface area (Å²) in [5, 5.41) is 10.6. The topological polar surface area (TPSA) is 50.2 Å². The van der Waals surface area contributed by atoms with Crippen LogP contribution in [-0.4, -0.2) is 16.1 Å². The number of aromatic nitrogens is 1. The predicted molar refractivity (Wildman–Crippen MR) is 74.9 cm³/mol. The van der Waals surface area contributed by atoms with Crippen molar-refractivity contribution < 1.29 is 9.90 Å². The summed E-state index contributed by atoms with van der Waals surface area (Å²) in [4.78, 5) is 16.0. The number of nitrogens with zero attached hydrogens (tertiary/aromatic N) is 1. The quantitative estimate of drug-likeness (QED) is 0.892. The molecule has 0 spiro atoms. The Bertz CT molecular complexity index is 648. The molecule has 98 valence electrons. The zero-order valence-electron chi connectivity index (χ0n) is 10.4. The molecule has 0 atom stereocenters. The van der Waals surface area contributed by atoms with Gasteiger partial charge in [0.2, 0.25) is 0 Å². The number of hydrogen-bond acceptors (Lipinski definition) is 2. The number of hydrogen-bond donors (Lipinski definition) is 1. The van der Waals surface area contributed by atoms with Crippen molar-refractivity contribution in [3.63, 3.8) is 0 Å². The van der Waals surface area contributed by atoms with Crippen molar-refractivity contribution in [3.05, 3.63) is 40.5 Å². The monoisotopic (exact) mass is 275 g/mol. The SMILES string of the molecule is O=C(O)c1cc(C2CCCC2)nc2cc(Cl)ccc12. The van der Waals surface area contributed by atoms with E-state index >= 15 is 0 Å². The van der Waals surface area contributed by atoms with Crippen molar-refractivity contribution in [1.82, 2.24) is 4.98 Å². The predicted octanol–water partition coefficient (Wildman–Crippen LogP) is 4.24. The summed E-state index contributed by atoms with van der Waals surface area (Å²) in [5.41, 5.74) is 1.89. The Morgan fingerprint density at radius 3 is 2.68 bits per heavy atom. The minimum atomic E-state index is -0.908. The first-order valence-corrected chi connectivity index (χ1v) is 6.86. The number of benzene rings is 1. The Hall–Kier alpha value is -1.61. The third kappa shape index (κ3) is 2.30. The van der Waals surface area contributed by atoms with E-state index < -0.39 is 5.97 Å². The van der Waals surface area contributed by atoms with E-state index in [1.165, 1.54) is 12.8 Å². The van der Waals surface area contributed by atoms with E-state index in [0.29, 0.717) is 27.4 Å². The molecule has 1 fully saturated rings. The van der Waals surface area contributed by atoms with Gasteiger partial charge in [-0.2, -0.15) is 0 Å². The summed E-state index contributed by atoms with van der Waals surface area (Å²) < 4.78 is 0. The maximum atomic E-state index is 11.4. The van der Waals surface area contributed by atoms with Gasteiger partial charge >= 0.3 is 5.97 Å². The number of carboxylic acids is 1. The van der Waals surface area contributed by atoms with Crippen LogP contribution in [0.1, 0.15) is 47.7 Å². The molecule has 1 aliphatic rings. The van der Waals surface area contributed by atoms with E-state index in [-0.39, 0.29) is 0 Å². The van der Waals surface area contributed by atoms with Gasteiger partial charge in [0, 0.05) is 22.0 Å². The fourth-order valence-electron chi connectivity index (χ4n) is 2.83. The molecular formula is C15H14ClNO2. The number of pyridine rings is 1. The lowest BCUT2D eigenvalue weighted by Gasteiger charge is -2.12. The van der Waals surface area contributed by atoms with Crippen molar-refractivity contribution >= 4 is 28.5 Å². The summed E-state index contributed by atoms with van der Waals surface area (Å²) in [5.74, 6) is -0.518. The molecule has 1 aliphatic carbocycles. The molecule has 0 radical (unpaired) electrons. The lowest BCUT2D eigenvalue weighted by Crippen LogP contribution is -2.04. The van der Waals surface area contributed by atoms with Crippen LogP contribution in [0.3, 0.4) is 0 Å². The van der Waals surface area contributed by atoms with Gasteiger partial charge < -0.3 is 5.11 Å². The normalized spacial score (nSPS) is 16.1. The molecule has 1 heterocycles. The highest BCUT2D eigenvalue weighted by molar-refractivity contribution is 6.31. The van der Waals surface area contributed by atoms with E-state index in [9.17, 15) is 9.90 Å². The van der Waals surface area contributed by atoms with Crippen molar-refractivity contribution in [2.75, 3.05) is 0 Å². The van der Waals surface area contributed by atoms with Crippen LogP contribution in [0.4, 0.5) is 0 Å². The maximum absolute atomic E-state index is 11.4. The van der Waals surface area contributed by atoms with Crippen LogP contribution < -0.4 is 0 Å². The lowest BCUT2D eigenvalue weighted by molar-refractivity contribution is 0.0699. The molecule has 1 saturated carbocycles. The molecule has 19 heavy (non-hydrogen) atoms. The van der Waals surface area contributed by atoms with Crippen LogP contribution in [0, 0.1) is 0 Å². The minimum Gasteiger partial charge on any atom is -0.478 e. The molecule has 3 rings (SSSR count). The van der Waals surface area contributed by atoms with Gasteiger partial charge in [-0.1, -0.05) is 30.5 Å². The van der Waals surface area contributed by atoms with E-state index in [0.717, 1.165) is 18.5 Å². The van der Waals surface area contributed by atoms with Gasteiger partial charge in [-0.3, -0.25) is 4.98 Å². The Morgan fingerprint density at radius 2 is 2.00 bits per heavy atom. The van der Waals surface area contributed by atoms with Gasteiger partial charge in [0.1, 0.15) is 0 Å². The zero-order chi connectivity index (χ0) is 13.4. The summed E-state index contributed by atoms with van der Waals surface area (Å²) >= 11 is 5.98. The van der Waals surface area contributed by atoms with E-state index in [4.69, 9.17) is 11.6 Å². The molecule has 0 saturated heterocycles. The fourth-order valence-corrected chi connectivity index (χ4v) is 3.00. The number of fused-ring (bicyclic) bond motifs is 1. The molecule has 1 N–H and O–H groups in total. The smallest absolute Gasteiger partial charge is 0.336 e. The maximum Gasteiger partial charge on any atom is 0.336 e. The number of aromatic carboxylic acids is 1. The van der Waals surface area contributed by atoms with Gasteiger partial charge in [-0.25, -0.2) is 4.79 Å². The molecule has 4 heteroatoms. The summed E-state index contributed by atoms with van der Waals surface area (Å²) in [7, 11) is 0. The summed E-state index contributed by atoms with van der Waals surface area (Å²) in [6, 6.07) is 6.90. The van der Waals surface area contributed by atoms with Gasteiger partial charge in [-0.05, 0) is 31.0 Å². The van der Waals surface area contributed by atoms with Gasteiger partial charge in [-0.15, -0.1) is 0 Å². The second kappa shape index (κ2) is 4.82. The van der Waals surface area contributed by atoms with Gasteiger partial charge in [0.05, 0.1) is 11.1 Å². The van der Waals surface area contributed by atoms with Gasteiger partial charge in [0.15, 0.2) is 0 Å². The van der Waals surface area contributed by atoms with Crippen molar-refractivity contribution in [2.45, 2.75) is 31.6 Å². The number of halogens is 1. The van der Waals surface area contributed by atoms with Crippen molar-refractivity contribution in [1.29, 1.82) is 0 Å². The van der Waals surface area contributed by atoms with E-state index in [2.05, 4.69) is 4.98 Å². The molecular weight excluding hydrogens is 262 g/mol. The summed E-state index contributed by atoms with van der Waals surface area (Å²) in [6.07, 6.45) is 4.58. The van der Waals surface area contributed by atoms with Crippen LogP contribution >= 0.6 is 11.6 Å². The first-order chi connectivity index (χ1) is 9.15. The Morgan fingerprint density at radius 1 is 1.26 bits per heavy atom. The third-order valence-corrected chi connectivity index (χ3v) is 4.03. The van der Waals surface area contributed by atoms with E-state index in [1.54, 1.807) is 24.3 Å². The molecule has 0 unspecified atom stereocenters. The fraction of sp³-hybridized carbons (Fsp3) is 0.333. The van der Waals surface area contributed by atoms with E-state index in [1.807, 2.05) is 0 Å². The molecule has 0 amide bonds. The van der Waals surface area contributed by atoms with Crippen molar-refractivity contribution in [2.24, 2.45) is 0 Å². The van der Waals surface area contributed by atoms with Crippen molar-refractivity contribution in [3.8, 4) is 0 Å². The molecule has 1 aromatic heterocycles. The molecule has 2 aromatic rings. The first kappa shape index (κ1) is 12.4. The van der Waals surface area contributed by atoms with Gasteiger partial charge in [0.25, 0.3) is 0 Å². The van der Waals surface area contributed by atoms with Crippen LogP contribution in [0.25, 0.3) is 10.9 Å². The minimum absolute atomic E-state index is 0.323. The largest absolute Gasteiger partial charge is 0.478 e. The molecule has 0 bridgehead atoms. The Kier molecular flexibility index (Phi) is 3.15. The number of carboxylic acid groups (broad SMARTS) is 1. The molecule has 1 aromatic carbocycles. The van der Waals surface area contributed by atoms with Crippen LogP contribution in [0.15, 0.2) is 24.3 Å². The number of carbonyl (C=O) groups is 1. The average molecular weight is 276 g/mol. The third-order valence-electron chi connectivity index (χ3n) is 3.80. The van der Waals surface area contributed by atoms with Crippen LogP contribution in [-0.2, 0) is 0 Å². The second-order valence-electron chi connectivity index (χ2n) is 5.04. The zero-order valence-corrected chi connectivity index (χ0v) is 11.2. The highest BCUT2D eigenvalue weighted by Crippen LogP contribution is 2.35.